The van der Waals surface area contributed by atoms with Gasteiger partial charge in [-0.1, -0.05) is 41.5 Å². The van der Waals surface area contributed by atoms with Crippen LogP contribution in [0.4, 0.5) is 0 Å². The van der Waals surface area contributed by atoms with E-state index in [4.69, 9.17) is 0 Å². The van der Waals surface area contributed by atoms with Crippen molar-refractivity contribution in [1.82, 2.24) is 10.6 Å². The lowest BCUT2D eigenvalue weighted by atomic mass is 9.81. The first-order valence-corrected chi connectivity index (χ1v) is 10.4. The Labute approximate surface area is 168 Å². The van der Waals surface area contributed by atoms with E-state index in [1.54, 1.807) is 0 Å². The van der Waals surface area contributed by atoms with E-state index in [-0.39, 0.29) is 45.6 Å². The van der Waals surface area contributed by atoms with Crippen LogP contribution in [0.1, 0.15) is 102 Å². The van der Waals surface area contributed by atoms with Crippen molar-refractivity contribution in [3.8, 4) is 0 Å². The number of nitrogens with one attached hydrogen (secondary N) is 2. The van der Waals surface area contributed by atoms with Crippen LogP contribution >= 0.6 is 0 Å². The molecule has 0 fully saturated rings. The topological polar surface area (TPSA) is 58.2 Å². The normalized spacial score (nSPS) is 16.1. The van der Waals surface area contributed by atoms with E-state index in [0.717, 1.165) is 19.3 Å². The Morgan fingerprint density at radius 2 is 0.852 bits per heavy atom. The highest BCUT2D eigenvalue weighted by Gasteiger charge is 2.34. The zero-order valence-corrected chi connectivity index (χ0v) is 20.1. The van der Waals surface area contributed by atoms with Crippen molar-refractivity contribution in [2.75, 3.05) is 0 Å². The van der Waals surface area contributed by atoms with Gasteiger partial charge in [-0.05, 0) is 60.8 Å². The van der Waals surface area contributed by atoms with Gasteiger partial charge in [0, 0.05) is 21.9 Å². The molecule has 2 unspecified atom stereocenters. The summed E-state index contributed by atoms with van der Waals surface area (Å²) in [5.74, 6) is 0.472. The summed E-state index contributed by atoms with van der Waals surface area (Å²) in [6, 6.07) is -0.380. The standard InChI is InChI=1S/C23H46N2O2/c1-20(2,3)18(26)16(24-22(7,8)9)14-13-15-17(25-23(10,11)12)19(27)21(4,5)6/h16-17,24-25H,13-15H2,1-12H3. The highest BCUT2D eigenvalue weighted by molar-refractivity contribution is 5.89. The summed E-state index contributed by atoms with van der Waals surface area (Å²) in [5.41, 5.74) is -1.02. The Balaban J connectivity index is 5.20. The maximum atomic E-state index is 12.9. The van der Waals surface area contributed by atoms with E-state index in [2.05, 4.69) is 52.2 Å². The minimum absolute atomic E-state index is 0.129. The van der Waals surface area contributed by atoms with Crippen molar-refractivity contribution >= 4 is 11.6 Å². The molecule has 0 amide bonds. The Kier molecular flexibility index (Phi) is 8.92. The van der Waals surface area contributed by atoms with Crippen LogP contribution in [0.15, 0.2) is 0 Å². The molecule has 0 saturated carbocycles. The van der Waals surface area contributed by atoms with Crippen LogP contribution in [0.25, 0.3) is 0 Å². The number of Topliss-reactive ketones (excluding diaryl/α,β-unsaturated/α-hetero) is 2. The van der Waals surface area contributed by atoms with Gasteiger partial charge in [0.15, 0.2) is 11.6 Å². The predicted octanol–water partition coefficient (Wildman–Crippen LogP) is 4.90. The highest BCUT2D eigenvalue weighted by atomic mass is 16.1. The van der Waals surface area contributed by atoms with Crippen LogP contribution in [0, 0.1) is 10.8 Å². The molecule has 2 atom stereocenters. The molecule has 27 heavy (non-hydrogen) atoms. The molecule has 0 heterocycles. The van der Waals surface area contributed by atoms with Crippen molar-refractivity contribution in [1.29, 1.82) is 0 Å². The van der Waals surface area contributed by atoms with E-state index in [1.165, 1.54) is 0 Å². The van der Waals surface area contributed by atoms with Gasteiger partial charge in [0.2, 0.25) is 0 Å². The summed E-state index contributed by atoms with van der Waals surface area (Å²) in [4.78, 5) is 25.8. The summed E-state index contributed by atoms with van der Waals surface area (Å²) in [5, 5.41) is 6.98. The van der Waals surface area contributed by atoms with Crippen molar-refractivity contribution in [3.63, 3.8) is 0 Å². The Hall–Kier alpha value is -0.740. The lowest BCUT2D eigenvalue weighted by molar-refractivity contribution is -0.129. The third-order valence-electron chi connectivity index (χ3n) is 4.31. The molecule has 0 rings (SSSR count). The summed E-state index contributed by atoms with van der Waals surface area (Å²) in [7, 11) is 0. The third kappa shape index (κ3) is 11.0. The number of rotatable bonds is 8. The molecule has 160 valence electrons. The lowest BCUT2D eigenvalue weighted by Gasteiger charge is -2.34. The predicted molar refractivity (Wildman–Crippen MR) is 116 cm³/mol. The number of ketones is 2. The molecule has 0 aromatic carbocycles. The molecule has 0 aliphatic rings. The minimum atomic E-state index is -0.382. The van der Waals surface area contributed by atoms with Crippen molar-refractivity contribution in [3.05, 3.63) is 0 Å². The van der Waals surface area contributed by atoms with E-state index < -0.39 is 0 Å². The van der Waals surface area contributed by atoms with Crippen LogP contribution in [-0.2, 0) is 9.59 Å². The molecular weight excluding hydrogens is 336 g/mol. The SMILES string of the molecule is CC(C)(C)NC(CCCC(NC(C)(C)C)C(=O)C(C)(C)C)C(=O)C(C)(C)C. The average molecular weight is 383 g/mol. The second-order valence-electron chi connectivity index (χ2n) is 12.1. The van der Waals surface area contributed by atoms with Crippen LogP contribution in [0.5, 0.6) is 0 Å². The zero-order chi connectivity index (χ0) is 21.8. The quantitative estimate of drug-likeness (QED) is 0.627. The molecule has 0 spiro atoms. The van der Waals surface area contributed by atoms with Gasteiger partial charge in [0.1, 0.15) is 0 Å². The number of hydrogen-bond acceptors (Lipinski definition) is 4. The molecule has 4 heteroatoms. The zero-order valence-electron chi connectivity index (χ0n) is 20.1. The Bertz CT molecular complexity index is 450. The maximum Gasteiger partial charge on any atom is 0.155 e. The van der Waals surface area contributed by atoms with Crippen LogP contribution in [0.3, 0.4) is 0 Å². The molecule has 0 aromatic heterocycles. The molecule has 0 radical (unpaired) electrons. The first-order chi connectivity index (χ1) is 11.7. The van der Waals surface area contributed by atoms with E-state index >= 15 is 0 Å². The monoisotopic (exact) mass is 382 g/mol. The van der Waals surface area contributed by atoms with Gasteiger partial charge in [0.25, 0.3) is 0 Å². The van der Waals surface area contributed by atoms with Crippen molar-refractivity contribution in [2.45, 2.75) is 126 Å². The first-order valence-electron chi connectivity index (χ1n) is 10.4. The van der Waals surface area contributed by atoms with Crippen LogP contribution in [-0.4, -0.2) is 34.7 Å². The fraction of sp³-hybridized carbons (Fsp3) is 0.913. The second kappa shape index (κ2) is 9.17. The third-order valence-corrected chi connectivity index (χ3v) is 4.31. The molecule has 2 N–H and O–H groups in total. The van der Waals surface area contributed by atoms with Gasteiger partial charge < -0.3 is 10.6 Å². The number of carbonyl (C=O) groups excluding carboxylic acids is 2. The summed E-state index contributed by atoms with van der Waals surface area (Å²) in [6.07, 6.45) is 2.31. The Morgan fingerprint density at radius 3 is 1.04 bits per heavy atom. The number of carbonyl (C=O) groups is 2. The average Bonchev–Trinajstić information content (AvgIpc) is 2.38. The van der Waals surface area contributed by atoms with Crippen LogP contribution < -0.4 is 10.6 Å². The van der Waals surface area contributed by atoms with Gasteiger partial charge in [0.05, 0.1) is 12.1 Å². The minimum Gasteiger partial charge on any atom is -0.303 e. The van der Waals surface area contributed by atoms with Gasteiger partial charge in [-0.3, -0.25) is 9.59 Å². The van der Waals surface area contributed by atoms with Gasteiger partial charge >= 0.3 is 0 Å². The smallest absolute Gasteiger partial charge is 0.155 e. The van der Waals surface area contributed by atoms with Gasteiger partial charge in [-0.15, -0.1) is 0 Å². The molecule has 0 aromatic rings. The molecule has 4 nitrogen and oxygen atoms in total. The fourth-order valence-corrected chi connectivity index (χ4v) is 3.15. The largest absolute Gasteiger partial charge is 0.303 e. The molecular formula is C23H46N2O2. The summed E-state index contributed by atoms with van der Waals surface area (Å²) >= 11 is 0. The number of hydrogen-bond donors (Lipinski definition) is 2. The fourth-order valence-electron chi connectivity index (χ4n) is 3.15. The Morgan fingerprint density at radius 1 is 0.593 bits per heavy atom. The van der Waals surface area contributed by atoms with Gasteiger partial charge in [-0.25, -0.2) is 0 Å². The lowest BCUT2D eigenvalue weighted by Crippen LogP contribution is -2.52. The van der Waals surface area contributed by atoms with E-state index in [9.17, 15) is 9.59 Å². The summed E-state index contributed by atoms with van der Waals surface area (Å²) in [6.45, 7) is 24.3. The maximum absolute atomic E-state index is 12.9. The summed E-state index contributed by atoms with van der Waals surface area (Å²) < 4.78 is 0. The highest BCUT2D eigenvalue weighted by Crippen LogP contribution is 2.24. The molecule has 0 aliphatic heterocycles. The first kappa shape index (κ1) is 26.3. The van der Waals surface area contributed by atoms with E-state index in [0.29, 0.717) is 0 Å². The van der Waals surface area contributed by atoms with Gasteiger partial charge in [-0.2, -0.15) is 0 Å². The second-order valence-corrected chi connectivity index (χ2v) is 12.1. The van der Waals surface area contributed by atoms with Crippen molar-refractivity contribution < 1.29 is 9.59 Å². The van der Waals surface area contributed by atoms with Crippen LogP contribution in [0.2, 0.25) is 0 Å². The molecule has 0 bridgehead atoms. The molecule has 0 saturated heterocycles. The van der Waals surface area contributed by atoms with E-state index in [1.807, 2.05) is 41.5 Å². The molecule has 0 aliphatic carbocycles. The van der Waals surface area contributed by atoms with Crippen molar-refractivity contribution in [2.24, 2.45) is 10.8 Å².